The number of halogens is 2. The molecule has 4 N–H and O–H groups in total. The molecule has 0 saturated heterocycles. The van der Waals surface area contributed by atoms with Gasteiger partial charge in [-0.05, 0) is 85.3 Å². The normalized spacial score (nSPS) is 11.8. The number of nitrogens with one attached hydrogen (secondary N) is 2. The molecule has 0 saturated carbocycles. The average Bonchev–Trinajstić information content (AvgIpc) is 2.83. The summed E-state index contributed by atoms with van der Waals surface area (Å²) in [7, 11) is -2.62. The topological polar surface area (TPSA) is 128 Å². The Balaban J connectivity index is 0.00000507. The number of hydrogen-bond donors (Lipinski definition) is 3. The molecule has 0 aliphatic rings. The Morgan fingerprint density at radius 1 is 0.947 bits per heavy atom. The number of benzene rings is 3. The summed E-state index contributed by atoms with van der Waals surface area (Å²) in [6, 6.07) is 12.9. The lowest BCUT2D eigenvalue weighted by molar-refractivity contribution is -0.142. The van der Waals surface area contributed by atoms with Crippen molar-refractivity contribution in [3.05, 3.63) is 81.4 Å². The van der Waals surface area contributed by atoms with E-state index >= 15 is 0 Å². The lowest BCUT2D eigenvalue weighted by atomic mass is 9.94. The first kappa shape index (κ1) is 31.1. The average molecular weight is 581 g/mol. The number of amides is 1. The second kappa shape index (κ2) is 12.6. The SMILES string of the molecule is COC(=O)C(CN)NC(=O)c1c(C)cc(-c2cccc(NS(=O)(=O)c3cc(C)c(Cl)cc3C)c2)cc1C.Cl. The van der Waals surface area contributed by atoms with Crippen LogP contribution in [0.25, 0.3) is 11.1 Å². The van der Waals surface area contributed by atoms with Crippen LogP contribution in [0.1, 0.15) is 32.6 Å². The third kappa shape index (κ3) is 6.85. The number of rotatable bonds is 8. The Bertz CT molecular complexity index is 1450. The zero-order valence-electron chi connectivity index (χ0n) is 21.7. The maximum absolute atomic E-state index is 13.1. The predicted molar refractivity (Wildman–Crippen MR) is 153 cm³/mol. The van der Waals surface area contributed by atoms with Crippen molar-refractivity contribution >= 4 is 51.6 Å². The quantitative estimate of drug-likeness (QED) is 0.332. The third-order valence-corrected chi connectivity index (χ3v) is 7.91. The van der Waals surface area contributed by atoms with Crippen molar-refractivity contribution in [1.29, 1.82) is 0 Å². The zero-order chi connectivity index (χ0) is 27.5. The van der Waals surface area contributed by atoms with Crippen molar-refractivity contribution in [3.63, 3.8) is 0 Å². The molecule has 1 unspecified atom stereocenters. The second-order valence-electron chi connectivity index (χ2n) is 8.82. The highest BCUT2D eigenvalue weighted by Gasteiger charge is 2.23. The van der Waals surface area contributed by atoms with Crippen LogP contribution in [-0.4, -0.2) is 40.0 Å². The van der Waals surface area contributed by atoms with E-state index in [1.165, 1.54) is 7.11 Å². The molecule has 0 aliphatic carbocycles. The molecule has 0 bridgehead atoms. The lowest BCUT2D eigenvalue weighted by Crippen LogP contribution is -2.46. The highest BCUT2D eigenvalue weighted by atomic mass is 35.5. The van der Waals surface area contributed by atoms with Crippen molar-refractivity contribution in [2.24, 2.45) is 5.73 Å². The number of esters is 1. The molecular formula is C27H31Cl2N3O5S. The minimum absolute atomic E-state index is 0. The fraction of sp³-hybridized carbons (Fsp3) is 0.259. The van der Waals surface area contributed by atoms with Gasteiger partial charge in [0, 0.05) is 22.8 Å². The molecule has 1 amide bonds. The number of carbonyl (C=O) groups excluding carboxylic acids is 2. The van der Waals surface area contributed by atoms with Gasteiger partial charge < -0.3 is 15.8 Å². The van der Waals surface area contributed by atoms with Gasteiger partial charge in [-0.15, -0.1) is 12.4 Å². The molecule has 0 fully saturated rings. The summed E-state index contributed by atoms with van der Waals surface area (Å²) >= 11 is 6.13. The second-order valence-corrected chi connectivity index (χ2v) is 10.9. The standard InChI is InChI=1S/C27H30ClN3O5S.ClH/c1-15-12-24(16(2)11-22(15)28)37(34,35)31-21-8-6-7-19(13-21)20-9-17(3)25(18(4)10-20)26(32)30-23(14-29)27(33)36-5;/h6-13,23,31H,14,29H2,1-5H3,(H,30,32);1H. The van der Waals surface area contributed by atoms with Gasteiger partial charge in [-0.2, -0.15) is 0 Å². The number of anilines is 1. The molecule has 0 heterocycles. The molecule has 1 atom stereocenters. The van der Waals surface area contributed by atoms with Gasteiger partial charge in [-0.25, -0.2) is 13.2 Å². The molecule has 38 heavy (non-hydrogen) atoms. The fourth-order valence-corrected chi connectivity index (χ4v) is 5.67. The van der Waals surface area contributed by atoms with Crippen LogP contribution in [0.4, 0.5) is 5.69 Å². The number of sulfonamides is 1. The zero-order valence-corrected chi connectivity index (χ0v) is 24.1. The van der Waals surface area contributed by atoms with E-state index in [1.807, 2.05) is 18.2 Å². The van der Waals surface area contributed by atoms with E-state index in [0.29, 0.717) is 38.5 Å². The number of methoxy groups -OCH3 is 1. The molecule has 204 valence electrons. The van der Waals surface area contributed by atoms with E-state index in [4.69, 9.17) is 17.3 Å². The first-order valence-corrected chi connectivity index (χ1v) is 13.3. The van der Waals surface area contributed by atoms with Crippen molar-refractivity contribution in [2.75, 3.05) is 18.4 Å². The molecule has 8 nitrogen and oxygen atoms in total. The summed E-state index contributed by atoms with van der Waals surface area (Å²) in [6.45, 7) is 6.94. The fourth-order valence-electron chi connectivity index (χ4n) is 4.09. The van der Waals surface area contributed by atoms with E-state index in [1.54, 1.807) is 58.0 Å². The Labute approximate surface area is 234 Å². The largest absolute Gasteiger partial charge is 0.467 e. The highest BCUT2D eigenvalue weighted by molar-refractivity contribution is 7.92. The van der Waals surface area contributed by atoms with Gasteiger partial charge in [0.1, 0.15) is 6.04 Å². The van der Waals surface area contributed by atoms with Crippen LogP contribution in [0.3, 0.4) is 0 Å². The summed E-state index contributed by atoms with van der Waals surface area (Å²) < 4.78 is 33.5. The molecule has 3 rings (SSSR count). The van der Waals surface area contributed by atoms with Gasteiger partial charge in [-0.3, -0.25) is 9.52 Å². The van der Waals surface area contributed by atoms with Crippen molar-refractivity contribution in [3.8, 4) is 11.1 Å². The van der Waals surface area contributed by atoms with Gasteiger partial charge in [0.15, 0.2) is 0 Å². The van der Waals surface area contributed by atoms with Crippen molar-refractivity contribution in [1.82, 2.24) is 5.32 Å². The molecule has 11 heteroatoms. The summed E-state index contributed by atoms with van der Waals surface area (Å²) in [5.74, 6) is -1.05. The van der Waals surface area contributed by atoms with Crippen LogP contribution in [0.15, 0.2) is 53.4 Å². The van der Waals surface area contributed by atoms with Gasteiger partial charge >= 0.3 is 5.97 Å². The molecule has 0 spiro atoms. The van der Waals surface area contributed by atoms with E-state index in [2.05, 4.69) is 14.8 Å². The van der Waals surface area contributed by atoms with Gasteiger partial charge in [-0.1, -0.05) is 35.9 Å². The molecule has 3 aromatic rings. The maximum Gasteiger partial charge on any atom is 0.329 e. The number of hydrogen-bond acceptors (Lipinski definition) is 6. The monoisotopic (exact) mass is 579 g/mol. The first-order valence-electron chi connectivity index (χ1n) is 11.5. The molecular weight excluding hydrogens is 549 g/mol. The third-order valence-electron chi connectivity index (χ3n) is 5.98. The smallest absolute Gasteiger partial charge is 0.329 e. The maximum atomic E-state index is 13.1. The Morgan fingerprint density at radius 2 is 1.58 bits per heavy atom. The minimum atomic E-state index is -3.85. The van der Waals surface area contributed by atoms with Crippen LogP contribution in [0, 0.1) is 27.7 Å². The lowest BCUT2D eigenvalue weighted by Gasteiger charge is -2.18. The van der Waals surface area contributed by atoms with Crippen LogP contribution >= 0.6 is 24.0 Å². The van der Waals surface area contributed by atoms with E-state index in [9.17, 15) is 18.0 Å². The summed E-state index contributed by atoms with van der Waals surface area (Å²) in [5.41, 5.74) is 10.6. The van der Waals surface area contributed by atoms with E-state index in [-0.39, 0.29) is 23.8 Å². The minimum Gasteiger partial charge on any atom is -0.467 e. The number of nitrogens with two attached hydrogens (primary N) is 1. The van der Waals surface area contributed by atoms with Gasteiger partial charge in [0.25, 0.3) is 15.9 Å². The summed E-state index contributed by atoms with van der Waals surface area (Å²) in [5, 5.41) is 3.12. The van der Waals surface area contributed by atoms with Crippen LogP contribution < -0.4 is 15.8 Å². The molecule has 3 aromatic carbocycles. The van der Waals surface area contributed by atoms with E-state index in [0.717, 1.165) is 11.1 Å². The Hall–Kier alpha value is -3.11. The number of aryl methyl sites for hydroxylation is 4. The van der Waals surface area contributed by atoms with Crippen molar-refractivity contribution < 1.29 is 22.7 Å². The molecule has 0 aliphatic heterocycles. The molecule has 0 radical (unpaired) electrons. The summed E-state index contributed by atoms with van der Waals surface area (Å²) in [4.78, 5) is 24.9. The molecule has 0 aromatic heterocycles. The van der Waals surface area contributed by atoms with Crippen molar-refractivity contribution in [2.45, 2.75) is 38.6 Å². The van der Waals surface area contributed by atoms with Gasteiger partial charge in [0.2, 0.25) is 0 Å². The predicted octanol–water partition coefficient (Wildman–Crippen LogP) is 4.69. The first-order chi connectivity index (χ1) is 17.4. The highest BCUT2D eigenvalue weighted by Crippen LogP contribution is 2.30. The Kier molecular flexibility index (Phi) is 10.3. The van der Waals surface area contributed by atoms with Crippen LogP contribution in [0.2, 0.25) is 5.02 Å². The van der Waals surface area contributed by atoms with Crippen LogP contribution in [-0.2, 0) is 19.6 Å². The number of ether oxygens (including phenoxy) is 1. The van der Waals surface area contributed by atoms with Crippen LogP contribution in [0.5, 0.6) is 0 Å². The number of carbonyl (C=O) groups is 2. The van der Waals surface area contributed by atoms with E-state index < -0.39 is 27.9 Å². The Morgan fingerprint density at radius 3 is 2.16 bits per heavy atom. The summed E-state index contributed by atoms with van der Waals surface area (Å²) in [6.07, 6.45) is 0. The van der Waals surface area contributed by atoms with Gasteiger partial charge in [0.05, 0.1) is 12.0 Å².